The largest absolute Gasteiger partial charge is 0.497 e. The number of nitrogens with one attached hydrogen (secondary N) is 2. The lowest BCUT2D eigenvalue weighted by molar-refractivity contribution is 0.0713. The van der Waals surface area contributed by atoms with E-state index in [1.54, 1.807) is 31.9 Å². The van der Waals surface area contributed by atoms with E-state index in [9.17, 15) is 13.2 Å². The number of carbonyl (C=O) groups excluding carboxylic acids is 1. The standard InChI is InChI=1S/C25H31N3O5S/c1-16(2)27-34(30,31)24-13-18(5-8-23(24)33-4)25(29)28-11-9-17(10-12-28)21-15-26-22-7-6-19(32-3)14-20(21)22/h5-8,13-17,26-27H,9-12H2,1-4H3. The van der Waals surface area contributed by atoms with E-state index in [2.05, 4.69) is 15.9 Å². The SMILES string of the molecule is COc1ccc2[nH]cc(C3CCN(C(=O)c4ccc(OC)c(S(=O)(=O)NC(C)C)c4)CC3)c2c1. The van der Waals surface area contributed by atoms with Gasteiger partial charge >= 0.3 is 0 Å². The van der Waals surface area contributed by atoms with E-state index in [1.807, 2.05) is 18.2 Å². The van der Waals surface area contributed by atoms with Crippen molar-refractivity contribution in [3.05, 3.63) is 53.7 Å². The van der Waals surface area contributed by atoms with Gasteiger partial charge in [0.05, 0.1) is 14.2 Å². The molecule has 0 unspecified atom stereocenters. The fraction of sp³-hybridized carbons (Fsp3) is 0.400. The number of benzene rings is 2. The number of fused-ring (bicyclic) bond motifs is 1. The highest BCUT2D eigenvalue weighted by Crippen LogP contribution is 2.35. The second-order valence-electron chi connectivity index (χ2n) is 8.86. The van der Waals surface area contributed by atoms with Crippen molar-refractivity contribution < 1.29 is 22.7 Å². The van der Waals surface area contributed by atoms with Crippen LogP contribution in [0.25, 0.3) is 10.9 Å². The van der Waals surface area contributed by atoms with Gasteiger partial charge in [0.15, 0.2) is 0 Å². The highest BCUT2D eigenvalue weighted by atomic mass is 32.2. The molecule has 8 nitrogen and oxygen atoms in total. The van der Waals surface area contributed by atoms with Crippen LogP contribution in [0.15, 0.2) is 47.5 Å². The van der Waals surface area contributed by atoms with Crippen LogP contribution >= 0.6 is 0 Å². The normalized spacial score (nSPS) is 15.1. The van der Waals surface area contributed by atoms with Gasteiger partial charge in [0.25, 0.3) is 5.91 Å². The van der Waals surface area contributed by atoms with Crippen molar-refractivity contribution in [1.29, 1.82) is 0 Å². The van der Waals surface area contributed by atoms with E-state index < -0.39 is 10.0 Å². The summed E-state index contributed by atoms with van der Waals surface area (Å²) in [6.45, 7) is 4.68. The van der Waals surface area contributed by atoms with Crippen LogP contribution in [0.4, 0.5) is 0 Å². The molecule has 1 saturated heterocycles. The Morgan fingerprint density at radius 1 is 1.09 bits per heavy atom. The smallest absolute Gasteiger partial charge is 0.253 e. The maximum Gasteiger partial charge on any atom is 0.253 e. The molecule has 2 aromatic carbocycles. The highest BCUT2D eigenvalue weighted by Gasteiger charge is 2.28. The summed E-state index contributed by atoms with van der Waals surface area (Å²) in [7, 11) is -0.741. The van der Waals surface area contributed by atoms with Gasteiger partial charge in [0.2, 0.25) is 10.0 Å². The molecule has 2 N–H and O–H groups in total. The van der Waals surface area contributed by atoms with E-state index >= 15 is 0 Å². The van der Waals surface area contributed by atoms with Gasteiger partial charge in [-0.1, -0.05) is 0 Å². The molecular formula is C25H31N3O5S. The molecule has 3 aromatic rings. The fourth-order valence-corrected chi connectivity index (χ4v) is 6.00. The summed E-state index contributed by atoms with van der Waals surface area (Å²) < 4.78 is 38.7. The zero-order chi connectivity index (χ0) is 24.5. The number of amides is 1. The third-order valence-corrected chi connectivity index (χ3v) is 7.91. The second kappa shape index (κ2) is 9.68. The molecule has 9 heteroatoms. The number of rotatable bonds is 7. The van der Waals surface area contributed by atoms with Gasteiger partial charge in [-0.15, -0.1) is 0 Å². The fourth-order valence-electron chi connectivity index (χ4n) is 4.56. The number of sulfonamides is 1. The lowest BCUT2D eigenvalue weighted by atomic mass is 9.89. The van der Waals surface area contributed by atoms with Crippen molar-refractivity contribution in [2.45, 2.75) is 43.5 Å². The number of likely N-dealkylation sites (tertiary alicyclic amines) is 1. The van der Waals surface area contributed by atoms with Crippen molar-refractivity contribution in [2.24, 2.45) is 0 Å². The monoisotopic (exact) mass is 485 g/mol. The number of carbonyl (C=O) groups is 1. The molecule has 34 heavy (non-hydrogen) atoms. The Morgan fingerprint density at radius 2 is 1.82 bits per heavy atom. The van der Waals surface area contributed by atoms with Gasteiger partial charge in [-0.05, 0) is 74.6 Å². The Balaban J connectivity index is 1.51. The molecule has 1 amide bonds. The minimum Gasteiger partial charge on any atom is -0.497 e. The number of methoxy groups -OCH3 is 2. The Bertz CT molecular complexity index is 1290. The first kappa shape index (κ1) is 24.1. The number of piperidine rings is 1. The number of hydrogen-bond acceptors (Lipinski definition) is 5. The highest BCUT2D eigenvalue weighted by molar-refractivity contribution is 7.89. The van der Waals surface area contributed by atoms with Crippen LogP contribution in [-0.4, -0.2) is 57.6 Å². The second-order valence-corrected chi connectivity index (χ2v) is 10.5. The molecule has 2 heterocycles. The van der Waals surface area contributed by atoms with Crippen molar-refractivity contribution in [2.75, 3.05) is 27.3 Å². The van der Waals surface area contributed by atoms with Crippen LogP contribution in [0.1, 0.15) is 48.5 Å². The predicted molar refractivity (Wildman–Crippen MR) is 131 cm³/mol. The zero-order valence-corrected chi connectivity index (χ0v) is 20.7. The van der Waals surface area contributed by atoms with E-state index in [1.165, 1.54) is 24.8 Å². The Hall–Kier alpha value is -3.04. The van der Waals surface area contributed by atoms with Crippen LogP contribution in [0.5, 0.6) is 11.5 Å². The summed E-state index contributed by atoms with van der Waals surface area (Å²) in [5.74, 6) is 1.17. The molecule has 1 fully saturated rings. The maximum atomic E-state index is 13.2. The Labute approximate surface area is 200 Å². The zero-order valence-electron chi connectivity index (χ0n) is 19.9. The predicted octanol–water partition coefficient (Wildman–Crippen LogP) is 3.89. The first-order chi connectivity index (χ1) is 16.2. The van der Waals surface area contributed by atoms with Crippen LogP contribution in [0.3, 0.4) is 0 Å². The third-order valence-electron chi connectivity index (χ3n) is 6.23. The summed E-state index contributed by atoms with van der Waals surface area (Å²) in [4.78, 5) is 18.3. The third kappa shape index (κ3) is 4.76. The summed E-state index contributed by atoms with van der Waals surface area (Å²) in [5, 5.41) is 1.15. The minimum atomic E-state index is -3.81. The topological polar surface area (TPSA) is 101 Å². The number of aromatic nitrogens is 1. The molecule has 0 radical (unpaired) electrons. The molecule has 0 aliphatic carbocycles. The van der Waals surface area contributed by atoms with Crippen molar-refractivity contribution >= 4 is 26.8 Å². The molecule has 0 saturated carbocycles. The quantitative estimate of drug-likeness (QED) is 0.529. The van der Waals surface area contributed by atoms with E-state index in [4.69, 9.17) is 9.47 Å². The summed E-state index contributed by atoms with van der Waals surface area (Å²) in [6.07, 6.45) is 3.70. The maximum absolute atomic E-state index is 13.2. The average Bonchev–Trinajstić information content (AvgIpc) is 3.25. The van der Waals surface area contributed by atoms with Gasteiger partial charge < -0.3 is 19.4 Å². The molecule has 4 rings (SSSR count). The number of nitrogens with zero attached hydrogens (tertiary/aromatic N) is 1. The lowest BCUT2D eigenvalue weighted by Gasteiger charge is -2.32. The molecule has 182 valence electrons. The number of H-pyrrole nitrogens is 1. The Kier molecular flexibility index (Phi) is 6.86. The van der Waals surface area contributed by atoms with E-state index in [0.717, 1.165) is 29.5 Å². The minimum absolute atomic E-state index is 0.0304. The molecule has 1 aliphatic rings. The van der Waals surface area contributed by atoms with Gasteiger partial charge in [-0.25, -0.2) is 13.1 Å². The number of aromatic amines is 1. The average molecular weight is 486 g/mol. The van der Waals surface area contributed by atoms with E-state index in [-0.39, 0.29) is 22.6 Å². The van der Waals surface area contributed by atoms with Crippen molar-refractivity contribution in [3.8, 4) is 11.5 Å². The summed E-state index contributed by atoms with van der Waals surface area (Å²) in [5.41, 5.74) is 2.63. The number of hydrogen-bond donors (Lipinski definition) is 2. The van der Waals surface area contributed by atoms with Gasteiger partial charge in [0, 0.05) is 41.8 Å². The number of ether oxygens (including phenoxy) is 2. The summed E-state index contributed by atoms with van der Waals surface area (Å²) >= 11 is 0. The molecule has 1 aromatic heterocycles. The van der Waals surface area contributed by atoms with Gasteiger partial charge in [0.1, 0.15) is 16.4 Å². The first-order valence-electron chi connectivity index (χ1n) is 11.4. The first-order valence-corrected chi connectivity index (χ1v) is 12.9. The molecule has 0 spiro atoms. The van der Waals surface area contributed by atoms with Crippen molar-refractivity contribution in [1.82, 2.24) is 14.6 Å². The van der Waals surface area contributed by atoms with Crippen LogP contribution < -0.4 is 14.2 Å². The van der Waals surface area contributed by atoms with E-state index in [0.29, 0.717) is 24.6 Å². The molecule has 0 bridgehead atoms. The van der Waals surface area contributed by atoms with Gasteiger partial charge in [-0.3, -0.25) is 4.79 Å². The Morgan fingerprint density at radius 3 is 2.47 bits per heavy atom. The molecule has 1 aliphatic heterocycles. The van der Waals surface area contributed by atoms with Crippen LogP contribution in [0.2, 0.25) is 0 Å². The van der Waals surface area contributed by atoms with Crippen LogP contribution in [-0.2, 0) is 10.0 Å². The summed E-state index contributed by atoms with van der Waals surface area (Å²) in [6, 6.07) is 10.3. The molecule has 0 atom stereocenters. The van der Waals surface area contributed by atoms with Gasteiger partial charge in [-0.2, -0.15) is 0 Å². The lowest BCUT2D eigenvalue weighted by Crippen LogP contribution is -2.38. The van der Waals surface area contributed by atoms with Crippen LogP contribution in [0, 0.1) is 0 Å². The molecular weight excluding hydrogens is 454 g/mol. The van der Waals surface area contributed by atoms with Crippen molar-refractivity contribution in [3.63, 3.8) is 0 Å².